The molecule has 1 heteroatoms. The molecule has 1 nitrogen and oxygen atoms in total. The lowest BCUT2D eigenvalue weighted by atomic mass is 9.72. The van der Waals surface area contributed by atoms with E-state index in [-0.39, 0.29) is 0 Å². The van der Waals surface area contributed by atoms with E-state index in [2.05, 4.69) is 57.4 Å². The van der Waals surface area contributed by atoms with E-state index in [1.807, 2.05) is 0 Å². The molecule has 18 heavy (non-hydrogen) atoms. The van der Waals surface area contributed by atoms with Crippen molar-refractivity contribution in [3.8, 4) is 0 Å². The second-order valence-corrected chi connectivity index (χ2v) is 6.26. The predicted octanol–water partition coefficient (Wildman–Crippen LogP) is 4.09. The van der Waals surface area contributed by atoms with Crippen molar-refractivity contribution in [3.05, 3.63) is 35.4 Å². The van der Waals surface area contributed by atoms with E-state index < -0.39 is 0 Å². The van der Waals surface area contributed by atoms with Crippen LogP contribution in [0.1, 0.15) is 57.1 Å². The predicted molar refractivity (Wildman–Crippen MR) is 79.2 cm³/mol. The Labute approximate surface area is 112 Å². The molecule has 1 fully saturated rings. The highest BCUT2D eigenvalue weighted by Crippen LogP contribution is 2.45. The molecule has 0 amide bonds. The monoisotopic (exact) mass is 245 g/mol. The van der Waals surface area contributed by atoms with Gasteiger partial charge in [-0.15, -0.1) is 0 Å². The van der Waals surface area contributed by atoms with Gasteiger partial charge >= 0.3 is 0 Å². The van der Waals surface area contributed by atoms with Crippen molar-refractivity contribution in [2.75, 3.05) is 13.6 Å². The zero-order chi connectivity index (χ0) is 13.2. The van der Waals surface area contributed by atoms with Crippen LogP contribution in [0.2, 0.25) is 0 Å². The Hall–Kier alpha value is -0.820. The van der Waals surface area contributed by atoms with Gasteiger partial charge in [-0.3, -0.25) is 0 Å². The number of benzene rings is 1. The van der Waals surface area contributed by atoms with Crippen molar-refractivity contribution in [1.82, 2.24) is 5.32 Å². The van der Waals surface area contributed by atoms with E-state index in [9.17, 15) is 0 Å². The first-order valence-corrected chi connectivity index (χ1v) is 7.35. The molecule has 0 heterocycles. The van der Waals surface area contributed by atoms with Crippen molar-refractivity contribution in [2.24, 2.45) is 5.92 Å². The summed E-state index contributed by atoms with van der Waals surface area (Å²) in [4.78, 5) is 0. The molecule has 100 valence electrons. The fraction of sp³-hybridized carbons (Fsp3) is 0.647. The van der Waals surface area contributed by atoms with Gasteiger partial charge in [0.2, 0.25) is 0 Å². The zero-order valence-corrected chi connectivity index (χ0v) is 12.3. The SMILES string of the molecule is CNCC1(c2ccc(C(C)C)cc2)CCCC1C. The van der Waals surface area contributed by atoms with Crippen LogP contribution in [0, 0.1) is 5.92 Å². The van der Waals surface area contributed by atoms with Crippen molar-refractivity contribution in [1.29, 1.82) is 0 Å². The summed E-state index contributed by atoms with van der Waals surface area (Å²) in [6, 6.07) is 9.38. The van der Waals surface area contributed by atoms with E-state index in [1.165, 1.54) is 30.4 Å². The molecule has 0 bridgehead atoms. The maximum Gasteiger partial charge on any atom is 0.0103 e. The largest absolute Gasteiger partial charge is 0.319 e. The molecular formula is C17H27N. The molecule has 0 aromatic heterocycles. The van der Waals surface area contributed by atoms with Crippen LogP contribution in [0.4, 0.5) is 0 Å². The topological polar surface area (TPSA) is 12.0 Å². The minimum Gasteiger partial charge on any atom is -0.319 e. The van der Waals surface area contributed by atoms with Crippen LogP contribution in [0.25, 0.3) is 0 Å². The van der Waals surface area contributed by atoms with Gasteiger partial charge in [0.1, 0.15) is 0 Å². The Morgan fingerprint density at radius 1 is 1.28 bits per heavy atom. The van der Waals surface area contributed by atoms with Gasteiger partial charge in [0, 0.05) is 12.0 Å². The summed E-state index contributed by atoms with van der Waals surface area (Å²) in [5.41, 5.74) is 3.35. The quantitative estimate of drug-likeness (QED) is 0.842. The van der Waals surface area contributed by atoms with Crippen LogP contribution in [-0.4, -0.2) is 13.6 Å². The standard InChI is InChI=1S/C17H27N/c1-13(2)15-7-9-16(10-8-15)17(12-18-4)11-5-6-14(17)3/h7-10,13-14,18H,5-6,11-12H2,1-4H3. The molecule has 2 rings (SSSR count). The lowest BCUT2D eigenvalue weighted by Crippen LogP contribution is -2.39. The first-order chi connectivity index (χ1) is 8.60. The lowest BCUT2D eigenvalue weighted by molar-refractivity contribution is 0.326. The molecular weight excluding hydrogens is 218 g/mol. The van der Waals surface area contributed by atoms with Crippen LogP contribution in [0.5, 0.6) is 0 Å². The fourth-order valence-electron chi connectivity index (χ4n) is 3.56. The highest BCUT2D eigenvalue weighted by molar-refractivity contribution is 5.32. The van der Waals surface area contributed by atoms with Gasteiger partial charge < -0.3 is 5.32 Å². The van der Waals surface area contributed by atoms with E-state index >= 15 is 0 Å². The summed E-state index contributed by atoms with van der Waals surface area (Å²) in [5, 5.41) is 3.42. The van der Waals surface area contributed by atoms with Crippen LogP contribution in [0.15, 0.2) is 24.3 Å². The molecule has 0 spiro atoms. The first-order valence-electron chi connectivity index (χ1n) is 7.35. The van der Waals surface area contributed by atoms with Crippen molar-refractivity contribution >= 4 is 0 Å². The first kappa shape index (κ1) is 13.6. The minimum atomic E-state index is 0.365. The Morgan fingerprint density at radius 2 is 1.94 bits per heavy atom. The fourth-order valence-corrected chi connectivity index (χ4v) is 3.56. The second-order valence-electron chi connectivity index (χ2n) is 6.26. The van der Waals surface area contributed by atoms with Crippen molar-refractivity contribution < 1.29 is 0 Å². The van der Waals surface area contributed by atoms with Gasteiger partial charge in [0.25, 0.3) is 0 Å². The maximum absolute atomic E-state index is 3.42. The van der Waals surface area contributed by atoms with E-state index in [1.54, 1.807) is 0 Å². The van der Waals surface area contributed by atoms with Gasteiger partial charge in [-0.05, 0) is 42.9 Å². The maximum atomic E-state index is 3.42. The molecule has 0 radical (unpaired) electrons. The van der Waals surface area contributed by atoms with Gasteiger partial charge in [0.15, 0.2) is 0 Å². The third kappa shape index (κ3) is 2.33. The normalized spacial score (nSPS) is 27.9. The number of hydrogen-bond donors (Lipinski definition) is 1. The molecule has 2 atom stereocenters. The third-order valence-corrected chi connectivity index (χ3v) is 4.85. The highest BCUT2D eigenvalue weighted by atomic mass is 14.8. The Morgan fingerprint density at radius 3 is 2.39 bits per heavy atom. The zero-order valence-electron chi connectivity index (χ0n) is 12.3. The molecule has 1 N–H and O–H groups in total. The number of likely N-dealkylation sites (N-methyl/N-ethyl adjacent to an activating group) is 1. The number of rotatable bonds is 4. The molecule has 1 aliphatic rings. The van der Waals surface area contributed by atoms with Crippen LogP contribution in [0.3, 0.4) is 0 Å². The summed E-state index contributed by atoms with van der Waals surface area (Å²) >= 11 is 0. The Kier molecular flexibility index (Phi) is 4.11. The average Bonchev–Trinajstić information content (AvgIpc) is 2.72. The summed E-state index contributed by atoms with van der Waals surface area (Å²) < 4.78 is 0. The second kappa shape index (κ2) is 5.44. The van der Waals surface area contributed by atoms with E-state index in [0.29, 0.717) is 11.3 Å². The van der Waals surface area contributed by atoms with Crippen LogP contribution < -0.4 is 5.32 Å². The highest BCUT2D eigenvalue weighted by Gasteiger charge is 2.40. The Balaban J connectivity index is 2.31. The smallest absolute Gasteiger partial charge is 0.0103 e. The van der Waals surface area contributed by atoms with E-state index in [4.69, 9.17) is 0 Å². The van der Waals surface area contributed by atoms with Crippen molar-refractivity contribution in [2.45, 2.75) is 51.4 Å². The molecule has 2 unspecified atom stereocenters. The molecule has 1 saturated carbocycles. The number of nitrogens with one attached hydrogen (secondary N) is 1. The summed E-state index contributed by atoms with van der Waals surface area (Å²) in [6.45, 7) is 8.04. The third-order valence-electron chi connectivity index (χ3n) is 4.85. The summed E-state index contributed by atoms with van der Waals surface area (Å²) in [5.74, 6) is 1.41. The van der Waals surface area contributed by atoms with Crippen molar-refractivity contribution in [3.63, 3.8) is 0 Å². The number of hydrogen-bond acceptors (Lipinski definition) is 1. The minimum absolute atomic E-state index is 0.365. The van der Waals surface area contributed by atoms with Gasteiger partial charge in [0.05, 0.1) is 0 Å². The van der Waals surface area contributed by atoms with Crippen LogP contribution in [-0.2, 0) is 5.41 Å². The molecule has 0 aliphatic heterocycles. The molecule has 1 aromatic rings. The average molecular weight is 245 g/mol. The lowest BCUT2D eigenvalue weighted by Gasteiger charge is -2.34. The van der Waals surface area contributed by atoms with Gasteiger partial charge in [-0.1, -0.05) is 51.5 Å². The van der Waals surface area contributed by atoms with Gasteiger partial charge in [-0.25, -0.2) is 0 Å². The molecule has 1 aliphatic carbocycles. The van der Waals surface area contributed by atoms with Gasteiger partial charge in [-0.2, -0.15) is 0 Å². The summed E-state index contributed by atoms with van der Waals surface area (Å²) in [7, 11) is 2.08. The molecule has 0 saturated heterocycles. The van der Waals surface area contributed by atoms with Crippen LogP contribution >= 0.6 is 0 Å². The summed E-state index contributed by atoms with van der Waals surface area (Å²) in [6.07, 6.45) is 4.07. The molecule has 1 aromatic carbocycles. The van der Waals surface area contributed by atoms with E-state index in [0.717, 1.165) is 12.5 Å². The Bertz CT molecular complexity index is 379.